The summed E-state index contributed by atoms with van der Waals surface area (Å²) in [4.78, 5) is 68.7. The zero-order chi connectivity index (χ0) is 35.5. The van der Waals surface area contributed by atoms with E-state index in [2.05, 4.69) is 0 Å². The lowest BCUT2D eigenvalue weighted by atomic mass is 9.54. The second kappa shape index (κ2) is 16.5. The minimum absolute atomic E-state index is 0.0389. The highest BCUT2D eigenvalue weighted by Gasteiger charge is 2.68. The summed E-state index contributed by atoms with van der Waals surface area (Å²) in [5.41, 5.74) is -6.17. The van der Waals surface area contributed by atoms with Gasteiger partial charge in [0.15, 0.2) is 0 Å². The molecule has 0 unspecified atom stereocenters. The van der Waals surface area contributed by atoms with E-state index in [1.54, 1.807) is 48.5 Å². The highest BCUT2D eigenvalue weighted by atomic mass is 17.2. The fourth-order valence-electron chi connectivity index (χ4n) is 5.70. The molecule has 0 aliphatic heterocycles. The molecule has 0 radical (unpaired) electrons. The molecule has 12 heteroatoms. The van der Waals surface area contributed by atoms with Crippen LogP contribution >= 0.6 is 0 Å². The normalized spacial score (nSPS) is 13.6. The van der Waals surface area contributed by atoms with Crippen LogP contribution in [0.2, 0.25) is 0 Å². The Kier molecular flexibility index (Phi) is 15.6. The van der Waals surface area contributed by atoms with Crippen molar-refractivity contribution in [3.05, 3.63) is 0 Å². The van der Waals surface area contributed by atoms with Gasteiger partial charge >= 0.3 is 18.5 Å². The van der Waals surface area contributed by atoms with Crippen molar-refractivity contribution in [3.63, 3.8) is 0 Å². The smallest absolute Gasteiger partial charge is 0.425 e. The number of ether oxygens (including phenoxy) is 3. The highest BCUT2D eigenvalue weighted by molar-refractivity contribution is 5.62. The van der Waals surface area contributed by atoms with E-state index >= 15 is 0 Å². The predicted octanol–water partition coefficient (Wildman–Crippen LogP) is 9.28. The molecule has 0 aliphatic carbocycles. The molecule has 0 aliphatic rings. The largest absolute Gasteiger partial charge is 0.541 e. The van der Waals surface area contributed by atoms with Gasteiger partial charge in [0, 0.05) is 0 Å². The molecule has 0 aromatic rings. The molecule has 0 aromatic carbocycles. The first kappa shape index (κ1) is 42.7. The van der Waals surface area contributed by atoms with Gasteiger partial charge in [0.25, 0.3) is 0 Å². The lowest BCUT2D eigenvalue weighted by Crippen LogP contribution is -2.70. The summed E-state index contributed by atoms with van der Waals surface area (Å²) in [5.74, 6) is 0. The minimum Gasteiger partial charge on any atom is -0.425 e. The number of carbonyl (C=O) groups excluding carboxylic acids is 3. The molecule has 0 saturated carbocycles. The van der Waals surface area contributed by atoms with Crippen LogP contribution < -0.4 is 0 Å². The van der Waals surface area contributed by atoms with Gasteiger partial charge < -0.3 is 14.2 Å². The Labute approximate surface area is 271 Å². The summed E-state index contributed by atoms with van der Waals surface area (Å²) in [6, 6.07) is 0. The monoisotopic (exact) mass is 650 g/mol. The van der Waals surface area contributed by atoms with E-state index in [0.29, 0.717) is 19.3 Å². The number of carbonyl (C=O) groups is 3. The lowest BCUT2D eigenvalue weighted by Gasteiger charge is -2.59. The van der Waals surface area contributed by atoms with Gasteiger partial charge in [0.1, 0.15) is 16.8 Å². The lowest BCUT2D eigenvalue weighted by molar-refractivity contribution is -0.313. The molecule has 0 atom stereocenters. The van der Waals surface area contributed by atoms with E-state index in [0.717, 1.165) is 0 Å². The average molecular weight is 651 g/mol. The van der Waals surface area contributed by atoms with Crippen molar-refractivity contribution in [1.82, 2.24) is 0 Å². The maximum absolute atomic E-state index is 12.9. The van der Waals surface area contributed by atoms with E-state index in [9.17, 15) is 14.4 Å². The fraction of sp³-hybridized carbons (Fsp3) is 0.909. The first-order chi connectivity index (χ1) is 20.1. The van der Waals surface area contributed by atoms with Crippen molar-refractivity contribution in [3.8, 4) is 0 Å². The Morgan fingerprint density at radius 2 is 0.644 bits per heavy atom. The predicted molar refractivity (Wildman–Crippen MR) is 168 cm³/mol. The van der Waals surface area contributed by atoms with E-state index < -0.39 is 40.7 Å². The van der Waals surface area contributed by atoms with Crippen LogP contribution in [0.25, 0.3) is 0 Å². The van der Waals surface area contributed by atoms with Crippen LogP contribution in [0, 0.1) is 21.7 Å². The quantitative estimate of drug-likeness (QED) is 0.0518. The second-order valence-electron chi connectivity index (χ2n) is 16.5. The third kappa shape index (κ3) is 14.8. The van der Waals surface area contributed by atoms with Gasteiger partial charge in [-0.25, -0.2) is 14.4 Å². The van der Waals surface area contributed by atoms with Gasteiger partial charge in [-0.15, -0.1) is 0 Å². The van der Waals surface area contributed by atoms with Gasteiger partial charge in [-0.3, -0.25) is 14.7 Å². The Balaban J connectivity index is 6.21. The molecule has 0 heterocycles. The van der Waals surface area contributed by atoms with Crippen LogP contribution in [0.4, 0.5) is 14.4 Å². The molecule has 0 saturated heterocycles. The molecule has 0 bridgehead atoms. The average Bonchev–Trinajstić information content (AvgIpc) is 2.79. The minimum atomic E-state index is -1.53. The molecule has 266 valence electrons. The third-order valence-corrected chi connectivity index (χ3v) is 7.82. The zero-order valence-corrected chi connectivity index (χ0v) is 30.8. The summed E-state index contributed by atoms with van der Waals surface area (Å²) in [5, 5.41) is 0. The van der Waals surface area contributed by atoms with Gasteiger partial charge in [-0.1, -0.05) is 69.2 Å². The topological polar surface area (TPSA) is 134 Å². The molecule has 0 aromatic heterocycles. The van der Waals surface area contributed by atoms with E-state index in [-0.39, 0.29) is 42.5 Å². The number of rotatable bonds is 16. The van der Waals surface area contributed by atoms with Crippen LogP contribution in [-0.4, -0.2) is 55.1 Å². The number of hydrogen-bond donors (Lipinski definition) is 0. The van der Waals surface area contributed by atoms with Gasteiger partial charge in [0.05, 0.1) is 25.2 Å². The van der Waals surface area contributed by atoms with Gasteiger partial charge in [-0.2, -0.15) is 14.7 Å². The van der Waals surface area contributed by atoms with E-state index in [1.165, 1.54) is 0 Å². The Morgan fingerprint density at radius 3 is 0.822 bits per heavy atom. The fourth-order valence-corrected chi connectivity index (χ4v) is 5.70. The first-order valence-corrected chi connectivity index (χ1v) is 15.7. The van der Waals surface area contributed by atoms with Crippen molar-refractivity contribution in [2.45, 2.75) is 153 Å². The molecule has 0 fully saturated rings. The van der Waals surface area contributed by atoms with E-state index in [1.807, 2.05) is 62.3 Å². The number of hydrogen-bond acceptors (Lipinski definition) is 12. The van der Waals surface area contributed by atoms with Crippen molar-refractivity contribution >= 4 is 18.5 Å². The second-order valence-corrected chi connectivity index (χ2v) is 16.5. The van der Waals surface area contributed by atoms with Crippen LogP contribution in [0.15, 0.2) is 0 Å². The summed E-state index contributed by atoms with van der Waals surface area (Å²) < 4.78 is 17.5. The van der Waals surface area contributed by atoms with Crippen molar-refractivity contribution < 1.29 is 57.9 Å². The molecule has 0 amide bonds. The molecular formula is C33H62O12. The molecule has 0 N–H and O–H groups in total. The van der Waals surface area contributed by atoms with Gasteiger partial charge in [0.2, 0.25) is 0 Å². The molecule has 12 nitrogen and oxygen atoms in total. The third-order valence-electron chi connectivity index (χ3n) is 7.82. The van der Waals surface area contributed by atoms with Crippen LogP contribution in [0.3, 0.4) is 0 Å². The Hall–Kier alpha value is -2.31. The zero-order valence-electron chi connectivity index (χ0n) is 30.8. The molecule has 0 spiro atoms. The maximum Gasteiger partial charge on any atom is 0.541 e. The SMILES string of the molecule is CCC(C(C)(C)OC(=O)OOCCC(C)(C)C)(C(C)(C)OC(=O)OOCCC(C)(C)C)C(C)(C)OC(=O)OOCCC(C)(C)C. The van der Waals surface area contributed by atoms with Crippen molar-refractivity contribution in [2.75, 3.05) is 19.8 Å². The standard InChI is InChI=1S/C33H62O12/c1-17-33(30(11,12)40-24(34)43-37-21-18-27(2,3)4,31(13,14)41-25(35)44-38-22-19-28(5,6)7)32(15,16)42-26(36)45-39-23-20-29(8,9)10/h17-23H2,1-16H3. The van der Waals surface area contributed by atoms with Crippen LogP contribution in [0.1, 0.15) is 136 Å². The Bertz CT molecular complexity index is 816. The summed E-state index contributed by atoms with van der Waals surface area (Å²) >= 11 is 0. The van der Waals surface area contributed by atoms with E-state index in [4.69, 9.17) is 43.5 Å². The molecule has 45 heavy (non-hydrogen) atoms. The van der Waals surface area contributed by atoms with Crippen molar-refractivity contribution in [1.29, 1.82) is 0 Å². The van der Waals surface area contributed by atoms with Crippen LogP contribution in [0.5, 0.6) is 0 Å². The highest BCUT2D eigenvalue weighted by Crippen LogP contribution is 2.57. The summed E-state index contributed by atoms with van der Waals surface area (Å²) in [6.07, 6.45) is -1.33. The molecule has 0 rings (SSSR count). The Morgan fingerprint density at radius 1 is 0.422 bits per heavy atom. The first-order valence-electron chi connectivity index (χ1n) is 15.7. The van der Waals surface area contributed by atoms with Gasteiger partial charge in [-0.05, 0) is 83.5 Å². The van der Waals surface area contributed by atoms with Crippen molar-refractivity contribution in [2.24, 2.45) is 21.7 Å². The molecular weight excluding hydrogens is 588 g/mol. The maximum atomic E-state index is 12.9. The van der Waals surface area contributed by atoms with Crippen LogP contribution in [-0.2, 0) is 43.5 Å². The summed E-state index contributed by atoms with van der Waals surface area (Å²) in [7, 11) is 0. The summed E-state index contributed by atoms with van der Waals surface area (Å²) in [6.45, 7) is 30.1.